The topological polar surface area (TPSA) is 93.2 Å². The Labute approximate surface area is 147 Å². The first-order chi connectivity index (χ1) is 11.7. The Kier molecular flexibility index (Phi) is 5.92. The molecular formula is C18H26N4O3. The minimum atomic E-state index is -0.684. The van der Waals surface area contributed by atoms with Gasteiger partial charge in [0.05, 0.1) is 17.6 Å². The summed E-state index contributed by atoms with van der Waals surface area (Å²) in [6.07, 6.45) is 1.81. The molecule has 0 amide bonds. The van der Waals surface area contributed by atoms with Crippen molar-refractivity contribution in [3.63, 3.8) is 0 Å². The summed E-state index contributed by atoms with van der Waals surface area (Å²) < 4.78 is 1.38. The predicted molar refractivity (Wildman–Crippen MR) is 96.4 cm³/mol. The zero-order chi connectivity index (χ0) is 18.6. The van der Waals surface area contributed by atoms with Gasteiger partial charge >= 0.3 is 5.69 Å². The maximum atomic E-state index is 10.6. The Balaban J connectivity index is 1.86. The molecule has 0 aliphatic heterocycles. The average molecular weight is 346 g/mol. The van der Waals surface area contributed by atoms with Crippen LogP contribution in [-0.2, 0) is 12.0 Å². The molecule has 2 rings (SSSR count). The van der Waals surface area contributed by atoms with E-state index in [1.807, 2.05) is 6.92 Å². The second-order valence-corrected chi connectivity index (χ2v) is 7.33. The van der Waals surface area contributed by atoms with Crippen LogP contribution in [0.1, 0.15) is 44.9 Å². The van der Waals surface area contributed by atoms with Crippen molar-refractivity contribution >= 4 is 5.69 Å². The van der Waals surface area contributed by atoms with E-state index in [9.17, 15) is 15.2 Å². The van der Waals surface area contributed by atoms with Crippen molar-refractivity contribution < 1.29 is 10.0 Å². The fraction of sp³-hybridized carbons (Fsp3) is 0.500. The van der Waals surface area contributed by atoms with Gasteiger partial charge in [-0.2, -0.15) is 5.10 Å². The van der Waals surface area contributed by atoms with Crippen LogP contribution in [0.3, 0.4) is 0 Å². The van der Waals surface area contributed by atoms with Crippen molar-refractivity contribution in [3.05, 3.63) is 57.9 Å². The van der Waals surface area contributed by atoms with Crippen LogP contribution in [-0.4, -0.2) is 32.5 Å². The number of hydrogen-bond acceptors (Lipinski definition) is 5. The maximum absolute atomic E-state index is 10.6. The average Bonchev–Trinajstić information content (AvgIpc) is 3.00. The van der Waals surface area contributed by atoms with Gasteiger partial charge in [-0.25, -0.2) is 0 Å². The summed E-state index contributed by atoms with van der Waals surface area (Å²) in [5, 5.41) is 27.9. The summed E-state index contributed by atoms with van der Waals surface area (Å²) in [6.45, 7) is 9.16. The number of aromatic nitrogens is 2. The molecule has 0 bridgehead atoms. The Morgan fingerprint density at radius 1 is 1.32 bits per heavy atom. The first kappa shape index (κ1) is 19.1. The van der Waals surface area contributed by atoms with E-state index in [1.165, 1.54) is 22.6 Å². The number of rotatable bonds is 7. The highest BCUT2D eigenvalue weighted by atomic mass is 16.6. The molecule has 0 aliphatic carbocycles. The van der Waals surface area contributed by atoms with Crippen LogP contribution < -0.4 is 5.32 Å². The molecule has 2 N–H and O–H groups in total. The van der Waals surface area contributed by atoms with Crippen LogP contribution in [0.2, 0.25) is 0 Å². The molecule has 0 saturated carbocycles. The summed E-state index contributed by atoms with van der Waals surface area (Å²) in [7, 11) is 0. The van der Waals surface area contributed by atoms with E-state index >= 15 is 0 Å². The number of nitrogens with one attached hydrogen (secondary N) is 1. The van der Waals surface area contributed by atoms with Gasteiger partial charge < -0.3 is 10.4 Å². The minimum Gasteiger partial charge on any atom is -0.390 e. The standard InChI is InChI=1S/C18H26N4O3/c1-13(14-5-7-15(8-6-14)18(2,3)4)19-10-17(23)12-21-11-16(9-20-21)22(24)25/h5-9,11,13,17,19,23H,10,12H2,1-4H3. The van der Waals surface area contributed by atoms with Crippen molar-refractivity contribution in [1.82, 2.24) is 15.1 Å². The Morgan fingerprint density at radius 3 is 2.48 bits per heavy atom. The molecule has 0 fully saturated rings. The fourth-order valence-corrected chi connectivity index (χ4v) is 2.53. The first-order valence-electron chi connectivity index (χ1n) is 8.35. The predicted octanol–water partition coefficient (Wildman–Crippen LogP) is 2.80. The molecule has 7 nitrogen and oxygen atoms in total. The molecule has 0 aliphatic rings. The molecule has 1 aromatic carbocycles. The highest BCUT2D eigenvalue weighted by molar-refractivity contribution is 5.29. The fourth-order valence-electron chi connectivity index (χ4n) is 2.53. The third-order valence-electron chi connectivity index (χ3n) is 4.16. The van der Waals surface area contributed by atoms with Gasteiger partial charge in [-0.3, -0.25) is 14.8 Å². The molecule has 1 aromatic heterocycles. The number of benzene rings is 1. The summed E-state index contributed by atoms with van der Waals surface area (Å²) in [5.74, 6) is 0. The summed E-state index contributed by atoms with van der Waals surface area (Å²) in [6, 6.07) is 8.55. The highest BCUT2D eigenvalue weighted by Gasteiger charge is 2.15. The molecule has 1 heterocycles. The molecule has 136 valence electrons. The summed E-state index contributed by atoms with van der Waals surface area (Å²) >= 11 is 0. The van der Waals surface area contributed by atoms with Crippen molar-refractivity contribution in [2.24, 2.45) is 0 Å². The van der Waals surface area contributed by atoms with Gasteiger partial charge in [-0.15, -0.1) is 0 Å². The van der Waals surface area contributed by atoms with E-state index in [4.69, 9.17) is 0 Å². The summed E-state index contributed by atoms with van der Waals surface area (Å²) in [4.78, 5) is 10.1. The lowest BCUT2D eigenvalue weighted by Crippen LogP contribution is -2.32. The van der Waals surface area contributed by atoms with E-state index in [2.05, 4.69) is 55.5 Å². The van der Waals surface area contributed by atoms with Gasteiger partial charge in [0.15, 0.2) is 0 Å². The van der Waals surface area contributed by atoms with Gasteiger partial charge in [0, 0.05) is 12.6 Å². The van der Waals surface area contributed by atoms with Crippen LogP contribution in [0, 0.1) is 10.1 Å². The molecular weight excluding hydrogens is 320 g/mol. The Hall–Kier alpha value is -2.25. The van der Waals surface area contributed by atoms with Crippen molar-refractivity contribution in [3.8, 4) is 0 Å². The molecule has 0 spiro atoms. The van der Waals surface area contributed by atoms with Crippen LogP contribution >= 0.6 is 0 Å². The molecule has 0 radical (unpaired) electrons. The van der Waals surface area contributed by atoms with Gasteiger partial charge in [0.1, 0.15) is 12.4 Å². The monoisotopic (exact) mass is 346 g/mol. The van der Waals surface area contributed by atoms with E-state index in [-0.39, 0.29) is 23.7 Å². The van der Waals surface area contributed by atoms with Crippen LogP contribution in [0.25, 0.3) is 0 Å². The van der Waals surface area contributed by atoms with E-state index in [0.717, 1.165) is 5.56 Å². The smallest absolute Gasteiger partial charge is 0.306 e. The van der Waals surface area contributed by atoms with E-state index < -0.39 is 11.0 Å². The molecule has 7 heteroatoms. The molecule has 25 heavy (non-hydrogen) atoms. The van der Waals surface area contributed by atoms with Crippen molar-refractivity contribution in [2.75, 3.05) is 6.54 Å². The third kappa shape index (κ3) is 5.37. The number of aliphatic hydroxyl groups excluding tert-OH is 1. The SMILES string of the molecule is CC(NCC(O)Cn1cc([N+](=O)[O-])cn1)c1ccc(C(C)(C)C)cc1. The first-order valence-corrected chi connectivity index (χ1v) is 8.35. The third-order valence-corrected chi connectivity index (χ3v) is 4.16. The Bertz CT molecular complexity index is 704. The largest absolute Gasteiger partial charge is 0.390 e. The van der Waals surface area contributed by atoms with E-state index in [0.29, 0.717) is 6.54 Å². The molecule has 0 saturated heterocycles. The Morgan fingerprint density at radius 2 is 1.96 bits per heavy atom. The molecule has 2 atom stereocenters. The van der Waals surface area contributed by atoms with E-state index in [1.54, 1.807) is 0 Å². The van der Waals surface area contributed by atoms with Gasteiger partial charge in [0.25, 0.3) is 0 Å². The molecule has 2 aromatic rings. The number of hydrogen-bond donors (Lipinski definition) is 2. The quantitative estimate of drug-likeness (QED) is 0.594. The lowest BCUT2D eigenvalue weighted by molar-refractivity contribution is -0.385. The zero-order valence-corrected chi connectivity index (χ0v) is 15.1. The van der Waals surface area contributed by atoms with Crippen molar-refractivity contribution in [2.45, 2.75) is 51.8 Å². The number of nitrogens with zero attached hydrogens (tertiary/aromatic N) is 3. The highest BCUT2D eigenvalue weighted by Crippen LogP contribution is 2.23. The van der Waals surface area contributed by atoms with Crippen LogP contribution in [0.5, 0.6) is 0 Å². The normalized spacial score (nSPS) is 14.3. The second kappa shape index (κ2) is 7.76. The van der Waals surface area contributed by atoms with Gasteiger partial charge in [-0.05, 0) is 23.5 Å². The van der Waals surface area contributed by atoms with Gasteiger partial charge in [0.2, 0.25) is 0 Å². The zero-order valence-electron chi connectivity index (χ0n) is 15.1. The van der Waals surface area contributed by atoms with Crippen LogP contribution in [0.15, 0.2) is 36.7 Å². The molecule has 2 unspecified atom stereocenters. The lowest BCUT2D eigenvalue weighted by atomic mass is 9.86. The van der Waals surface area contributed by atoms with Gasteiger partial charge in [-0.1, -0.05) is 45.0 Å². The maximum Gasteiger partial charge on any atom is 0.306 e. The van der Waals surface area contributed by atoms with Crippen LogP contribution in [0.4, 0.5) is 5.69 Å². The summed E-state index contributed by atoms with van der Waals surface area (Å²) in [5.41, 5.74) is 2.48. The number of aliphatic hydroxyl groups is 1. The lowest BCUT2D eigenvalue weighted by Gasteiger charge is -2.21. The number of nitro groups is 1. The van der Waals surface area contributed by atoms with Crippen molar-refractivity contribution in [1.29, 1.82) is 0 Å². The second-order valence-electron chi connectivity index (χ2n) is 7.33. The minimum absolute atomic E-state index is 0.0764.